The Labute approximate surface area is 272 Å². The lowest BCUT2D eigenvalue weighted by atomic mass is 10.00. The molecule has 7 nitrogen and oxygen atoms in total. The Hall–Kier alpha value is -2.53. The van der Waals surface area contributed by atoms with E-state index in [9.17, 15) is 8.42 Å². The van der Waals surface area contributed by atoms with Crippen molar-refractivity contribution >= 4 is 18.2 Å². The van der Waals surface area contributed by atoms with Crippen molar-refractivity contribution in [3.63, 3.8) is 0 Å². The second-order valence-corrected chi connectivity index (χ2v) is 20.1. The van der Waals surface area contributed by atoms with Crippen LogP contribution in [0, 0.1) is 5.92 Å². The van der Waals surface area contributed by atoms with Gasteiger partial charge in [-0.15, -0.1) is 6.58 Å². The summed E-state index contributed by atoms with van der Waals surface area (Å²) in [4.78, 5) is 0.258. The van der Waals surface area contributed by atoms with E-state index in [0.717, 1.165) is 11.3 Å². The summed E-state index contributed by atoms with van der Waals surface area (Å²) >= 11 is 0. The number of allylic oxidation sites excluding steroid dienone is 1. The highest BCUT2D eigenvalue weighted by Gasteiger charge is 2.41. The van der Waals surface area contributed by atoms with Crippen molar-refractivity contribution in [1.29, 1.82) is 0 Å². The quantitative estimate of drug-likeness (QED) is 0.109. The zero-order valence-corrected chi connectivity index (χ0v) is 30.0. The van der Waals surface area contributed by atoms with Gasteiger partial charge in [0.1, 0.15) is 5.75 Å². The van der Waals surface area contributed by atoms with Gasteiger partial charge in [0.05, 0.1) is 42.2 Å². The topological polar surface area (TPSA) is 80.3 Å². The third-order valence-electron chi connectivity index (χ3n) is 8.94. The number of benzene rings is 2. The van der Waals surface area contributed by atoms with Crippen molar-refractivity contribution < 1.29 is 31.8 Å². The summed E-state index contributed by atoms with van der Waals surface area (Å²) in [6.07, 6.45) is 4.61. The molecule has 0 radical (unpaired) electrons. The van der Waals surface area contributed by atoms with Gasteiger partial charge in [0.25, 0.3) is 0 Å². The molecule has 6 atom stereocenters. The van der Waals surface area contributed by atoms with Crippen molar-refractivity contribution in [3.8, 4) is 5.75 Å². The van der Waals surface area contributed by atoms with Gasteiger partial charge in [0, 0.05) is 18.6 Å². The van der Waals surface area contributed by atoms with Crippen LogP contribution < -0.4 is 4.74 Å². The summed E-state index contributed by atoms with van der Waals surface area (Å²) in [5.74, 6) is 0.813. The maximum absolute atomic E-state index is 14.1. The molecule has 0 N–H and O–H groups in total. The standard InChI is InChI=1S/C36H52O7SSi/c1-11-31(40-8)33(43-45(9,10)36(4,5)6)23-24-34(44(37,38)30-15-13-12-14-16-30)26(2)17-22-32-27(3)25-41-35(42-32)28-18-20-29(39-7)21-19-28/h11-22,27,31-35H,1-2,23-25H2,3-10H3/b22-17+/t27-,31+,32-,33+,34-,35+/m1/s1. The largest absolute Gasteiger partial charge is 0.497 e. The Bertz CT molecular complexity index is 1380. The Morgan fingerprint density at radius 1 is 1.07 bits per heavy atom. The lowest BCUT2D eigenvalue weighted by Gasteiger charge is -2.41. The van der Waals surface area contributed by atoms with Gasteiger partial charge in [-0.05, 0) is 60.8 Å². The third-order valence-corrected chi connectivity index (χ3v) is 15.7. The Balaban J connectivity index is 1.88. The average Bonchev–Trinajstić information content (AvgIpc) is 3.01. The van der Waals surface area contributed by atoms with Crippen LogP contribution in [-0.2, 0) is 28.5 Å². The lowest BCUT2D eigenvalue weighted by Crippen LogP contribution is -2.47. The van der Waals surface area contributed by atoms with E-state index in [4.69, 9.17) is 23.4 Å². The molecule has 1 heterocycles. The number of hydrogen-bond acceptors (Lipinski definition) is 7. The van der Waals surface area contributed by atoms with E-state index in [1.165, 1.54) is 0 Å². The van der Waals surface area contributed by atoms with E-state index in [1.807, 2.05) is 43.3 Å². The van der Waals surface area contributed by atoms with Crippen LogP contribution in [0.4, 0.5) is 0 Å². The lowest BCUT2D eigenvalue weighted by molar-refractivity contribution is -0.225. The van der Waals surface area contributed by atoms with Crippen LogP contribution >= 0.6 is 0 Å². The van der Waals surface area contributed by atoms with Crippen LogP contribution in [-0.4, -0.2) is 61.1 Å². The molecule has 1 saturated heterocycles. The molecule has 0 bridgehead atoms. The van der Waals surface area contributed by atoms with E-state index >= 15 is 0 Å². The molecular formula is C36H52O7SSi. The van der Waals surface area contributed by atoms with Crippen LogP contribution in [0.1, 0.15) is 52.4 Å². The molecular weight excluding hydrogens is 605 g/mol. The molecule has 2 aromatic rings. The van der Waals surface area contributed by atoms with Crippen molar-refractivity contribution in [2.75, 3.05) is 20.8 Å². The maximum Gasteiger partial charge on any atom is 0.192 e. The molecule has 1 aliphatic rings. The molecule has 0 amide bonds. The highest BCUT2D eigenvalue weighted by molar-refractivity contribution is 7.92. The van der Waals surface area contributed by atoms with Crippen molar-refractivity contribution in [2.45, 2.75) is 93.4 Å². The SMILES string of the molecule is C=C[C@H](OC)[C@H](CC[C@H](C(=C)/C=C/[C@H]1O[C@@H](c2ccc(OC)cc2)OC[C@H]1C)S(=O)(=O)c1ccccc1)O[Si](C)(C)C(C)(C)C. The van der Waals surface area contributed by atoms with Crippen LogP contribution in [0.2, 0.25) is 18.1 Å². The van der Waals surface area contributed by atoms with Crippen LogP contribution in [0.15, 0.2) is 96.5 Å². The first kappa shape index (κ1) is 36.9. The van der Waals surface area contributed by atoms with Gasteiger partial charge < -0.3 is 23.4 Å². The van der Waals surface area contributed by atoms with Crippen molar-refractivity contribution in [3.05, 3.63) is 97.1 Å². The second kappa shape index (κ2) is 15.8. The number of hydrogen-bond donors (Lipinski definition) is 0. The highest BCUT2D eigenvalue weighted by Crippen LogP contribution is 2.39. The summed E-state index contributed by atoms with van der Waals surface area (Å²) in [6, 6.07) is 16.1. The minimum Gasteiger partial charge on any atom is -0.497 e. The third kappa shape index (κ3) is 9.50. The minimum absolute atomic E-state index is 0.0311. The van der Waals surface area contributed by atoms with Crippen molar-refractivity contribution in [1.82, 2.24) is 0 Å². The molecule has 2 aromatic carbocycles. The van der Waals surface area contributed by atoms with E-state index < -0.39 is 29.7 Å². The van der Waals surface area contributed by atoms with Crippen LogP contribution in [0.25, 0.3) is 0 Å². The van der Waals surface area contributed by atoms with E-state index in [1.54, 1.807) is 50.6 Å². The van der Waals surface area contributed by atoms with Gasteiger partial charge in [0.2, 0.25) is 0 Å². The van der Waals surface area contributed by atoms with E-state index in [-0.39, 0.29) is 34.2 Å². The fourth-order valence-corrected chi connectivity index (χ4v) is 8.17. The van der Waals surface area contributed by atoms with Crippen molar-refractivity contribution in [2.24, 2.45) is 5.92 Å². The first-order valence-electron chi connectivity index (χ1n) is 15.5. The molecule has 0 spiro atoms. The second-order valence-electron chi connectivity index (χ2n) is 13.2. The first-order valence-corrected chi connectivity index (χ1v) is 20.0. The Morgan fingerprint density at radius 2 is 1.71 bits per heavy atom. The molecule has 3 rings (SSSR count). The molecule has 9 heteroatoms. The van der Waals surface area contributed by atoms with Crippen LogP contribution in [0.5, 0.6) is 5.75 Å². The Morgan fingerprint density at radius 3 is 2.27 bits per heavy atom. The molecule has 0 saturated carbocycles. The number of ether oxygens (including phenoxy) is 4. The predicted molar refractivity (Wildman–Crippen MR) is 184 cm³/mol. The number of methoxy groups -OCH3 is 2. The van der Waals surface area contributed by atoms with Gasteiger partial charge >= 0.3 is 0 Å². The highest BCUT2D eigenvalue weighted by atomic mass is 32.2. The zero-order valence-electron chi connectivity index (χ0n) is 28.2. The smallest absolute Gasteiger partial charge is 0.192 e. The number of rotatable bonds is 15. The predicted octanol–water partition coefficient (Wildman–Crippen LogP) is 8.07. The molecule has 1 aliphatic heterocycles. The summed E-state index contributed by atoms with van der Waals surface area (Å²) in [5, 5.41) is -0.909. The molecule has 0 unspecified atom stereocenters. The Kier molecular flexibility index (Phi) is 13.0. The first-order chi connectivity index (χ1) is 21.1. The summed E-state index contributed by atoms with van der Waals surface area (Å²) in [5.41, 5.74) is 1.37. The number of sulfone groups is 1. The molecule has 0 aromatic heterocycles. The van der Waals surface area contributed by atoms with E-state index in [0.29, 0.717) is 25.0 Å². The maximum atomic E-state index is 14.1. The summed E-state index contributed by atoms with van der Waals surface area (Å²) < 4.78 is 58.3. The molecule has 0 aliphatic carbocycles. The fourth-order valence-electron chi connectivity index (χ4n) is 5.02. The normalized spacial score (nSPS) is 21.6. The fraction of sp³-hybridized carbons (Fsp3) is 0.500. The molecule has 248 valence electrons. The minimum atomic E-state index is -3.77. The zero-order chi connectivity index (χ0) is 33.4. The van der Waals surface area contributed by atoms with Gasteiger partial charge in [-0.3, -0.25) is 0 Å². The molecule has 1 fully saturated rings. The summed E-state index contributed by atoms with van der Waals surface area (Å²) in [6.45, 7) is 21.7. The van der Waals surface area contributed by atoms with Crippen LogP contribution in [0.3, 0.4) is 0 Å². The van der Waals surface area contributed by atoms with Gasteiger partial charge in [0.15, 0.2) is 24.4 Å². The summed E-state index contributed by atoms with van der Waals surface area (Å²) in [7, 11) is -2.73. The van der Waals surface area contributed by atoms with Gasteiger partial charge in [-0.25, -0.2) is 8.42 Å². The average molecular weight is 657 g/mol. The molecule has 45 heavy (non-hydrogen) atoms. The van der Waals surface area contributed by atoms with E-state index in [2.05, 4.69) is 47.0 Å². The van der Waals surface area contributed by atoms with Gasteiger partial charge in [-0.1, -0.05) is 82.8 Å². The van der Waals surface area contributed by atoms with Gasteiger partial charge in [-0.2, -0.15) is 0 Å². The monoisotopic (exact) mass is 656 g/mol.